The van der Waals surface area contributed by atoms with Crippen LogP contribution in [0.3, 0.4) is 0 Å². The van der Waals surface area contributed by atoms with Gasteiger partial charge < -0.3 is 10.1 Å². The van der Waals surface area contributed by atoms with Crippen molar-refractivity contribution in [1.82, 2.24) is 4.98 Å². The molecule has 2 N–H and O–H groups in total. The van der Waals surface area contributed by atoms with Gasteiger partial charge in [-0.05, 0) is 42.5 Å². The van der Waals surface area contributed by atoms with Crippen molar-refractivity contribution in [2.75, 3.05) is 0 Å². The Kier molecular flexibility index (Phi) is 3.70. The molecule has 0 bridgehead atoms. The number of rotatable bonds is 3. The molecule has 3 aromatic carbocycles. The number of fused-ring (bicyclic) bond motifs is 1. The molecule has 0 spiro atoms. The van der Waals surface area contributed by atoms with E-state index in [0.717, 1.165) is 27.7 Å². The van der Waals surface area contributed by atoms with Gasteiger partial charge in [0.05, 0.1) is 5.69 Å². The molecule has 124 valence electrons. The molecule has 0 saturated carbocycles. The van der Waals surface area contributed by atoms with Gasteiger partial charge in [-0.2, -0.15) is 0 Å². The van der Waals surface area contributed by atoms with Crippen LogP contribution in [-0.4, -0.2) is 10.1 Å². The number of para-hydroxylation sites is 1. The van der Waals surface area contributed by atoms with E-state index in [0.29, 0.717) is 0 Å². The fraction of sp³-hybridized carbons (Fsp3) is 0.130. The molecule has 0 amide bonds. The van der Waals surface area contributed by atoms with E-state index in [1.165, 1.54) is 11.1 Å². The summed E-state index contributed by atoms with van der Waals surface area (Å²) in [6.45, 7) is 4.11. The summed E-state index contributed by atoms with van der Waals surface area (Å²) in [7, 11) is 0. The van der Waals surface area contributed by atoms with Gasteiger partial charge in [-0.3, -0.25) is 0 Å². The van der Waals surface area contributed by atoms with Gasteiger partial charge in [0.1, 0.15) is 0 Å². The van der Waals surface area contributed by atoms with Crippen LogP contribution in [0.2, 0.25) is 0 Å². The van der Waals surface area contributed by atoms with Crippen LogP contribution in [0.25, 0.3) is 10.9 Å². The Bertz CT molecular complexity index is 932. The molecule has 2 heteroatoms. The quantitative estimate of drug-likeness (QED) is 0.541. The van der Waals surface area contributed by atoms with E-state index in [9.17, 15) is 5.11 Å². The lowest BCUT2D eigenvalue weighted by Crippen LogP contribution is -2.29. The van der Waals surface area contributed by atoms with Crippen LogP contribution in [0, 0.1) is 13.8 Å². The number of hydrogen-bond donors (Lipinski definition) is 2. The maximum Gasteiger partial charge on any atom is 0.155 e. The minimum Gasteiger partial charge on any atom is -0.375 e. The zero-order chi connectivity index (χ0) is 17.4. The Morgan fingerprint density at radius 1 is 0.720 bits per heavy atom. The molecule has 25 heavy (non-hydrogen) atoms. The van der Waals surface area contributed by atoms with Crippen molar-refractivity contribution >= 4 is 10.9 Å². The monoisotopic (exact) mass is 327 g/mol. The lowest BCUT2D eigenvalue weighted by Gasteiger charge is -2.29. The van der Waals surface area contributed by atoms with Crippen molar-refractivity contribution < 1.29 is 5.11 Å². The number of hydrogen-bond acceptors (Lipinski definition) is 1. The third-order valence-corrected chi connectivity index (χ3v) is 4.86. The van der Waals surface area contributed by atoms with Crippen LogP contribution < -0.4 is 0 Å². The van der Waals surface area contributed by atoms with E-state index >= 15 is 0 Å². The molecule has 0 atom stereocenters. The highest BCUT2D eigenvalue weighted by Gasteiger charge is 2.35. The summed E-state index contributed by atoms with van der Waals surface area (Å²) < 4.78 is 0. The van der Waals surface area contributed by atoms with E-state index < -0.39 is 5.60 Å². The summed E-state index contributed by atoms with van der Waals surface area (Å²) in [5, 5.41) is 13.0. The molecule has 0 unspecified atom stereocenters. The van der Waals surface area contributed by atoms with E-state index in [-0.39, 0.29) is 0 Å². The summed E-state index contributed by atoms with van der Waals surface area (Å²) in [5.74, 6) is 0. The van der Waals surface area contributed by atoms with Gasteiger partial charge in [-0.25, -0.2) is 0 Å². The Hall–Kier alpha value is -2.84. The molecule has 1 aromatic heterocycles. The molecule has 0 aliphatic heterocycles. The van der Waals surface area contributed by atoms with Gasteiger partial charge in [0.25, 0.3) is 0 Å². The largest absolute Gasteiger partial charge is 0.375 e. The van der Waals surface area contributed by atoms with Crippen LogP contribution >= 0.6 is 0 Å². The molecule has 1 heterocycles. The Morgan fingerprint density at radius 3 is 1.76 bits per heavy atom. The minimum atomic E-state index is -1.22. The van der Waals surface area contributed by atoms with Gasteiger partial charge in [-0.1, -0.05) is 77.9 Å². The maximum atomic E-state index is 11.9. The third kappa shape index (κ3) is 2.65. The summed E-state index contributed by atoms with van der Waals surface area (Å²) in [6.07, 6.45) is 0. The lowest BCUT2D eigenvalue weighted by atomic mass is 9.83. The average Bonchev–Trinajstić information content (AvgIpc) is 3.07. The smallest absolute Gasteiger partial charge is 0.155 e. The van der Waals surface area contributed by atoms with E-state index in [1.54, 1.807) is 0 Å². The predicted molar refractivity (Wildman–Crippen MR) is 103 cm³/mol. The first-order chi connectivity index (χ1) is 12.1. The van der Waals surface area contributed by atoms with Crippen molar-refractivity contribution in [1.29, 1.82) is 0 Å². The summed E-state index contributed by atoms with van der Waals surface area (Å²) in [4.78, 5) is 3.41. The summed E-state index contributed by atoms with van der Waals surface area (Å²) in [5.41, 5.74) is 4.64. The molecule has 4 rings (SSSR count). The highest BCUT2D eigenvalue weighted by atomic mass is 16.3. The number of aryl methyl sites for hydroxylation is 2. The van der Waals surface area contributed by atoms with Gasteiger partial charge in [-0.15, -0.1) is 0 Å². The number of benzene rings is 3. The van der Waals surface area contributed by atoms with Gasteiger partial charge in [0, 0.05) is 5.52 Å². The zero-order valence-corrected chi connectivity index (χ0v) is 14.5. The van der Waals surface area contributed by atoms with Crippen molar-refractivity contribution in [2.24, 2.45) is 0 Å². The van der Waals surface area contributed by atoms with Crippen molar-refractivity contribution in [3.63, 3.8) is 0 Å². The highest BCUT2D eigenvalue weighted by Crippen LogP contribution is 2.37. The summed E-state index contributed by atoms with van der Waals surface area (Å²) in [6, 6.07) is 26.3. The van der Waals surface area contributed by atoms with Crippen LogP contribution in [0.5, 0.6) is 0 Å². The molecular formula is C23H21NO. The molecular weight excluding hydrogens is 306 g/mol. The topological polar surface area (TPSA) is 36.0 Å². The molecule has 0 fully saturated rings. The number of aromatic nitrogens is 1. The Labute approximate surface area is 147 Å². The Morgan fingerprint density at radius 2 is 1.24 bits per heavy atom. The Balaban J connectivity index is 1.97. The number of nitrogens with one attached hydrogen (secondary N) is 1. The second kappa shape index (κ2) is 5.91. The third-order valence-electron chi connectivity index (χ3n) is 4.86. The minimum absolute atomic E-state index is 0.779. The normalized spacial score (nSPS) is 11.8. The van der Waals surface area contributed by atoms with Crippen LogP contribution in [0.1, 0.15) is 27.9 Å². The second-order valence-electron chi connectivity index (χ2n) is 6.71. The van der Waals surface area contributed by atoms with Crippen LogP contribution in [0.15, 0.2) is 78.9 Å². The predicted octanol–water partition coefficient (Wildman–Crippen LogP) is 5.07. The van der Waals surface area contributed by atoms with Crippen molar-refractivity contribution in [2.45, 2.75) is 19.4 Å². The first-order valence-corrected chi connectivity index (χ1v) is 8.52. The zero-order valence-electron chi connectivity index (χ0n) is 14.5. The molecule has 0 aliphatic carbocycles. The number of aliphatic hydroxyl groups is 1. The molecule has 0 aliphatic rings. The SMILES string of the molecule is Cc1ccc(C(O)(c2ccc(C)cc2)c2cc3ccccc3[nH]2)cc1. The maximum absolute atomic E-state index is 11.9. The van der Waals surface area contributed by atoms with Crippen molar-refractivity contribution in [3.05, 3.63) is 107 Å². The van der Waals surface area contributed by atoms with Crippen LogP contribution in [0.4, 0.5) is 0 Å². The summed E-state index contributed by atoms with van der Waals surface area (Å²) >= 11 is 0. The lowest BCUT2D eigenvalue weighted by molar-refractivity contribution is 0.121. The molecule has 0 saturated heterocycles. The molecule has 2 nitrogen and oxygen atoms in total. The van der Waals surface area contributed by atoms with E-state index in [1.807, 2.05) is 72.8 Å². The molecule has 4 aromatic rings. The van der Waals surface area contributed by atoms with Crippen molar-refractivity contribution in [3.8, 4) is 0 Å². The number of H-pyrrole nitrogens is 1. The average molecular weight is 327 g/mol. The second-order valence-corrected chi connectivity index (χ2v) is 6.71. The molecule has 0 radical (unpaired) electrons. The van der Waals surface area contributed by atoms with E-state index in [2.05, 4.69) is 24.9 Å². The van der Waals surface area contributed by atoms with Gasteiger partial charge in [0.2, 0.25) is 0 Å². The fourth-order valence-electron chi connectivity index (χ4n) is 3.34. The van der Waals surface area contributed by atoms with E-state index in [4.69, 9.17) is 0 Å². The van der Waals surface area contributed by atoms with Crippen LogP contribution in [-0.2, 0) is 5.60 Å². The first kappa shape index (κ1) is 15.7. The standard InChI is InChI=1S/C23H21NO/c1-16-7-11-19(12-8-16)23(25,20-13-9-17(2)10-14-20)22-15-18-5-3-4-6-21(18)24-22/h3-15,24-25H,1-2H3. The van der Waals surface area contributed by atoms with Gasteiger partial charge in [0.15, 0.2) is 5.60 Å². The number of aromatic amines is 1. The highest BCUT2D eigenvalue weighted by molar-refractivity contribution is 5.81. The first-order valence-electron chi connectivity index (χ1n) is 8.52. The van der Waals surface area contributed by atoms with Gasteiger partial charge >= 0.3 is 0 Å². The fourth-order valence-corrected chi connectivity index (χ4v) is 3.34.